The summed E-state index contributed by atoms with van der Waals surface area (Å²) in [4.78, 5) is 1.33. The van der Waals surface area contributed by atoms with Crippen LogP contribution in [0.2, 0.25) is 0 Å². The van der Waals surface area contributed by atoms with E-state index in [2.05, 4.69) is 11.4 Å². The SMILES string of the molecule is N=C(N)c1ccccc1COCCc1cccs1. The van der Waals surface area contributed by atoms with Crippen molar-refractivity contribution in [2.45, 2.75) is 13.0 Å². The Bertz CT molecular complexity index is 508. The van der Waals surface area contributed by atoms with Gasteiger partial charge in [-0.05, 0) is 17.0 Å². The summed E-state index contributed by atoms with van der Waals surface area (Å²) < 4.78 is 5.64. The minimum atomic E-state index is 0.0902. The molecule has 0 aliphatic carbocycles. The van der Waals surface area contributed by atoms with Crippen molar-refractivity contribution < 1.29 is 4.74 Å². The van der Waals surface area contributed by atoms with Gasteiger partial charge in [-0.1, -0.05) is 30.3 Å². The van der Waals surface area contributed by atoms with E-state index in [9.17, 15) is 0 Å². The molecule has 0 saturated heterocycles. The Kier molecular flexibility index (Phi) is 4.50. The summed E-state index contributed by atoms with van der Waals surface area (Å²) in [6, 6.07) is 11.8. The summed E-state index contributed by atoms with van der Waals surface area (Å²) in [5, 5.41) is 9.56. The summed E-state index contributed by atoms with van der Waals surface area (Å²) >= 11 is 1.74. The van der Waals surface area contributed by atoms with Crippen molar-refractivity contribution in [3.05, 3.63) is 57.8 Å². The predicted octanol–water partition coefficient (Wildman–Crippen LogP) is 2.79. The first-order valence-electron chi connectivity index (χ1n) is 5.80. The van der Waals surface area contributed by atoms with Crippen molar-refractivity contribution in [3.63, 3.8) is 0 Å². The van der Waals surface area contributed by atoms with E-state index >= 15 is 0 Å². The van der Waals surface area contributed by atoms with E-state index in [1.165, 1.54) is 4.88 Å². The van der Waals surface area contributed by atoms with E-state index in [-0.39, 0.29) is 5.84 Å². The first kappa shape index (κ1) is 12.8. The third-order valence-corrected chi connectivity index (χ3v) is 3.57. The van der Waals surface area contributed by atoms with Crippen LogP contribution < -0.4 is 5.73 Å². The van der Waals surface area contributed by atoms with Crippen LogP contribution in [0.15, 0.2) is 41.8 Å². The molecular formula is C14H16N2OS. The van der Waals surface area contributed by atoms with Gasteiger partial charge in [-0.2, -0.15) is 0 Å². The lowest BCUT2D eigenvalue weighted by Gasteiger charge is -2.08. The van der Waals surface area contributed by atoms with Crippen LogP contribution >= 0.6 is 11.3 Å². The molecule has 4 heteroatoms. The fourth-order valence-electron chi connectivity index (χ4n) is 1.72. The lowest BCUT2D eigenvalue weighted by Crippen LogP contribution is -2.14. The smallest absolute Gasteiger partial charge is 0.123 e. The number of rotatable bonds is 6. The summed E-state index contributed by atoms with van der Waals surface area (Å²) in [5.41, 5.74) is 7.25. The van der Waals surface area contributed by atoms with Gasteiger partial charge >= 0.3 is 0 Å². The number of benzene rings is 1. The van der Waals surface area contributed by atoms with Gasteiger partial charge in [-0.3, -0.25) is 5.41 Å². The van der Waals surface area contributed by atoms with Gasteiger partial charge in [0.25, 0.3) is 0 Å². The Labute approximate surface area is 111 Å². The lowest BCUT2D eigenvalue weighted by molar-refractivity contribution is 0.124. The topological polar surface area (TPSA) is 59.1 Å². The van der Waals surface area contributed by atoms with Gasteiger partial charge in [0.2, 0.25) is 0 Å². The van der Waals surface area contributed by atoms with E-state index in [0.717, 1.165) is 17.5 Å². The highest BCUT2D eigenvalue weighted by molar-refractivity contribution is 7.09. The maximum atomic E-state index is 7.49. The maximum Gasteiger partial charge on any atom is 0.123 e. The second-order valence-electron chi connectivity index (χ2n) is 3.95. The molecule has 3 nitrogen and oxygen atoms in total. The van der Waals surface area contributed by atoms with Gasteiger partial charge in [-0.15, -0.1) is 11.3 Å². The molecule has 0 spiro atoms. The summed E-state index contributed by atoms with van der Waals surface area (Å²) in [6.07, 6.45) is 0.930. The fraction of sp³-hybridized carbons (Fsp3) is 0.214. The fourth-order valence-corrected chi connectivity index (χ4v) is 2.41. The van der Waals surface area contributed by atoms with Crippen LogP contribution in [-0.2, 0) is 17.8 Å². The minimum absolute atomic E-state index is 0.0902. The second kappa shape index (κ2) is 6.33. The molecule has 2 aromatic rings. The van der Waals surface area contributed by atoms with Gasteiger partial charge in [0.15, 0.2) is 0 Å². The molecule has 0 aliphatic heterocycles. The van der Waals surface area contributed by atoms with E-state index in [4.69, 9.17) is 15.9 Å². The lowest BCUT2D eigenvalue weighted by atomic mass is 10.1. The zero-order valence-corrected chi connectivity index (χ0v) is 10.9. The van der Waals surface area contributed by atoms with Crippen LogP contribution in [-0.4, -0.2) is 12.4 Å². The molecule has 1 heterocycles. The zero-order valence-electron chi connectivity index (χ0n) is 10.1. The first-order chi connectivity index (χ1) is 8.77. The van der Waals surface area contributed by atoms with Crippen LogP contribution in [0.5, 0.6) is 0 Å². The Morgan fingerprint density at radius 2 is 2.06 bits per heavy atom. The van der Waals surface area contributed by atoms with Gasteiger partial charge in [0, 0.05) is 16.9 Å². The van der Waals surface area contributed by atoms with E-state index < -0.39 is 0 Å². The molecule has 0 atom stereocenters. The van der Waals surface area contributed by atoms with E-state index in [1.807, 2.05) is 30.3 Å². The Hall–Kier alpha value is -1.65. The van der Waals surface area contributed by atoms with Crippen LogP contribution in [0.4, 0.5) is 0 Å². The average Bonchev–Trinajstić information content (AvgIpc) is 2.88. The second-order valence-corrected chi connectivity index (χ2v) is 4.99. The molecule has 0 unspecified atom stereocenters. The summed E-state index contributed by atoms with van der Waals surface area (Å²) in [5.74, 6) is 0.0902. The largest absolute Gasteiger partial charge is 0.384 e. The molecule has 0 aliphatic rings. The highest BCUT2D eigenvalue weighted by Gasteiger charge is 2.04. The maximum absolute atomic E-state index is 7.49. The van der Waals surface area contributed by atoms with Crippen molar-refractivity contribution >= 4 is 17.2 Å². The van der Waals surface area contributed by atoms with Crippen molar-refractivity contribution in [1.82, 2.24) is 0 Å². The Balaban J connectivity index is 1.85. The molecule has 3 N–H and O–H groups in total. The third-order valence-electron chi connectivity index (χ3n) is 2.64. The highest BCUT2D eigenvalue weighted by Crippen LogP contribution is 2.11. The van der Waals surface area contributed by atoms with Crippen LogP contribution in [0, 0.1) is 5.41 Å². The number of hydrogen-bond acceptors (Lipinski definition) is 3. The van der Waals surface area contributed by atoms with Gasteiger partial charge in [-0.25, -0.2) is 0 Å². The van der Waals surface area contributed by atoms with Crippen molar-refractivity contribution in [2.24, 2.45) is 5.73 Å². The molecule has 0 saturated carbocycles. The monoisotopic (exact) mass is 260 g/mol. The standard InChI is InChI=1S/C14H16N2OS/c15-14(16)13-6-2-1-4-11(13)10-17-8-7-12-5-3-9-18-12/h1-6,9H,7-8,10H2,(H3,15,16). The first-order valence-corrected chi connectivity index (χ1v) is 6.68. The quantitative estimate of drug-likeness (QED) is 0.476. The number of nitrogens with two attached hydrogens (primary N) is 1. The molecular weight excluding hydrogens is 244 g/mol. The van der Waals surface area contributed by atoms with Gasteiger partial charge in [0.05, 0.1) is 13.2 Å². The molecule has 0 amide bonds. The average molecular weight is 260 g/mol. The molecule has 1 aromatic carbocycles. The summed E-state index contributed by atoms with van der Waals surface area (Å²) in [6.45, 7) is 1.19. The molecule has 0 bridgehead atoms. The normalized spacial score (nSPS) is 10.4. The number of amidine groups is 1. The van der Waals surface area contributed by atoms with Crippen molar-refractivity contribution in [1.29, 1.82) is 5.41 Å². The van der Waals surface area contributed by atoms with Crippen LogP contribution in [0.25, 0.3) is 0 Å². The number of thiophene rings is 1. The van der Waals surface area contributed by atoms with Crippen molar-refractivity contribution in [2.75, 3.05) is 6.61 Å². The van der Waals surface area contributed by atoms with Crippen LogP contribution in [0.3, 0.4) is 0 Å². The Morgan fingerprint density at radius 3 is 2.78 bits per heavy atom. The van der Waals surface area contributed by atoms with Crippen molar-refractivity contribution in [3.8, 4) is 0 Å². The highest BCUT2D eigenvalue weighted by atomic mass is 32.1. The molecule has 18 heavy (non-hydrogen) atoms. The minimum Gasteiger partial charge on any atom is -0.384 e. The number of nitrogens with one attached hydrogen (secondary N) is 1. The number of ether oxygens (including phenoxy) is 1. The summed E-state index contributed by atoms with van der Waals surface area (Å²) in [7, 11) is 0. The van der Waals surface area contributed by atoms with Gasteiger partial charge in [0.1, 0.15) is 5.84 Å². The third kappa shape index (κ3) is 3.42. The number of hydrogen-bond donors (Lipinski definition) is 2. The van der Waals surface area contributed by atoms with Crippen LogP contribution in [0.1, 0.15) is 16.0 Å². The molecule has 2 rings (SSSR count). The molecule has 1 aromatic heterocycles. The van der Waals surface area contributed by atoms with E-state index in [1.54, 1.807) is 11.3 Å². The predicted molar refractivity (Wildman–Crippen MR) is 75.1 cm³/mol. The molecule has 0 fully saturated rings. The Morgan fingerprint density at radius 1 is 1.22 bits per heavy atom. The molecule has 94 valence electrons. The zero-order chi connectivity index (χ0) is 12.8. The van der Waals surface area contributed by atoms with Gasteiger partial charge < -0.3 is 10.5 Å². The molecule has 0 radical (unpaired) electrons. The number of nitrogen functional groups attached to an aromatic ring is 1. The van der Waals surface area contributed by atoms with E-state index in [0.29, 0.717) is 13.2 Å².